The van der Waals surface area contributed by atoms with Crippen molar-refractivity contribution in [2.45, 2.75) is 108 Å². The molecule has 0 unspecified atom stereocenters. The zero-order chi connectivity index (χ0) is 35.3. The largest absolute Gasteiger partial charge is 0.573 e. The molecule has 2 saturated carbocycles. The summed E-state index contributed by atoms with van der Waals surface area (Å²) >= 11 is 0. The number of unbranched alkanes of at least 4 members (excludes halogenated alkanes) is 1. The summed E-state index contributed by atoms with van der Waals surface area (Å²) < 4.78 is 177. The van der Waals surface area contributed by atoms with Crippen molar-refractivity contribution in [1.82, 2.24) is 0 Å². The lowest BCUT2D eigenvalue weighted by Gasteiger charge is -2.38. The Morgan fingerprint density at radius 3 is 1.62 bits per heavy atom. The van der Waals surface area contributed by atoms with Crippen molar-refractivity contribution in [3.8, 4) is 17.2 Å². The van der Waals surface area contributed by atoms with E-state index < -0.39 is 77.4 Å². The van der Waals surface area contributed by atoms with Gasteiger partial charge >= 0.3 is 24.7 Å². The molecule has 0 aliphatic heterocycles. The second kappa shape index (κ2) is 15.3. The van der Waals surface area contributed by atoms with Gasteiger partial charge in [-0.15, -0.1) is 13.2 Å². The minimum absolute atomic E-state index is 0.0851. The van der Waals surface area contributed by atoms with Crippen LogP contribution in [0.5, 0.6) is 17.2 Å². The first-order valence-corrected chi connectivity index (χ1v) is 15.5. The summed E-state index contributed by atoms with van der Waals surface area (Å²) in [4.78, 5) is 0. The van der Waals surface area contributed by atoms with Crippen molar-refractivity contribution in [2.24, 2.45) is 11.8 Å². The van der Waals surface area contributed by atoms with E-state index in [1.165, 1.54) is 24.3 Å². The van der Waals surface area contributed by atoms with Crippen LogP contribution in [0.25, 0.3) is 0 Å². The lowest BCUT2D eigenvalue weighted by Crippen LogP contribution is -2.42. The second-order valence-electron chi connectivity index (χ2n) is 11.9. The topological polar surface area (TPSA) is 46.2 Å². The van der Waals surface area contributed by atoms with Crippen molar-refractivity contribution in [1.29, 1.82) is 0 Å². The lowest BCUT2D eigenvalue weighted by atomic mass is 9.85. The van der Waals surface area contributed by atoms with Crippen LogP contribution < -0.4 is 14.2 Å². The summed E-state index contributed by atoms with van der Waals surface area (Å²) in [5.41, 5.74) is -0.402. The Labute approximate surface area is 269 Å². The van der Waals surface area contributed by atoms with Crippen LogP contribution >= 0.6 is 0 Å². The van der Waals surface area contributed by atoms with Crippen molar-refractivity contribution in [3.05, 3.63) is 53.6 Å². The Kier molecular flexibility index (Phi) is 12.0. The molecule has 5 nitrogen and oxygen atoms in total. The van der Waals surface area contributed by atoms with Crippen LogP contribution in [0.1, 0.15) is 76.7 Å². The summed E-state index contributed by atoms with van der Waals surface area (Å²) in [6.07, 6.45) is -19.0. The first kappa shape index (κ1) is 37.8. The molecule has 0 aromatic heterocycles. The van der Waals surface area contributed by atoms with Gasteiger partial charge in [0, 0.05) is 12.1 Å². The molecule has 0 saturated heterocycles. The highest BCUT2D eigenvalue weighted by Crippen LogP contribution is 2.45. The zero-order valence-electron chi connectivity index (χ0n) is 25.8. The van der Waals surface area contributed by atoms with Crippen molar-refractivity contribution in [2.75, 3.05) is 6.61 Å². The average Bonchev–Trinajstić information content (AvgIpc) is 2.99. The molecule has 0 atom stereocenters. The predicted molar refractivity (Wildman–Crippen MR) is 148 cm³/mol. The maximum absolute atomic E-state index is 15.1. The third-order valence-electron chi connectivity index (χ3n) is 8.34. The SMILES string of the molecule is CCCCOc1ccc(C(F)(F)OC2CCC(C(F)(F)OC3CCC(C(F)(F)Oc4cc(F)c(OC(F)(F)F)c(F)c4)CC3)CC2)cc1. The first-order chi connectivity index (χ1) is 22.4. The van der Waals surface area contributed by atoms with Crippen LogP contribution in [0.4, 0.5) is 48.3 Å². The van der Waals surface area contributed by atoms with E-state index in [-0.39, 0.29) is 63.5 Å². The number of rotatable bonds is 14. The highest BCUT2D eigenvalue weighted by atomic mass is 19.4. The van der Waals surface area contributed by atoms with Crippen molar-refractivity contribution < 1.29 is 72.0 Å². The highest BCUT2D eigenvalue weighted by molar-refractivity contribution is 5.35. The molecule has 2 aromatic rings. The van der Waals surface area contributed by atoms with E-state index in [1.54, 1.807) is 0 Å². The van der Waals surface area contributed by atoms with Crippen LogP contribution in [-0.4, -0.2) is 37.4 Å². The summed E-state index contributed by atoms with van der Waals surface area (Å²) in [5.74, 6) is -9.26. The molecular formula is C32H35F11O5. The number of ether oxygens (including phenoxy) is 5. The molecule has 0 heterocycles. The smallest absolute Gasteiger partial charge is 0.494 e. The average molecular weight is 709 g/mol. The molecule has 16 heteroatoms. The number of benzene rings is 2. The fourth-order valence-corrected chi connectivity index (χ4v) is 5.76. The molecule has 2 fully saturated rings. The first-order valence-electron chi connectivity index (χ1n) is 15.5. The van der Waals surface area contributed by atoms with Gasteiger partial charge in [-0.05, 0) is 82.1 Å². The molecule has 4 rings (SSSR count). The van der Waals surface area contributed by atoms with Crippen LogP contribution in [0.15, 0.2) is 36.4 Å². The van der Waals surface area contributed by atoms with Gasteiger partial charge in [-0.2, -0.15) is 26.3 Å². The molecule has 0 spiro atoms. The zero-order valence-corrected chi connectivity index (χ0v) is 25.8. The second-order valence-corrected chi connectivity index (χ2v) is 11.9. The van der Waals surface area contributed by atoms with Crippen molar-refractivity contribution in [3.63, 3.8) is 0 Å². The van der Waals surface area contributed by atoms with E-state index >= 15 is 8.78 Å². The van der Waals surface area contributed by atoms with Gasteiger partial charge in [0.15, 0.2) is 11.6 Å². The van der Waals surface area contributed by atoms with Crippen molar-refractivity contribution >= 4 is 0 Å². The molecule has 0 N–H and O–H groups in total. The molecule has 2 aromatic carbocycles. The monoisotopic (exact) mass is 708 g/mol. The third-order valence-corrected chi connectivity index (χ3v) is 8.34. The van der Waals surface area contributed by atoms with Gasteiger partial charge in [-0.25, -0.2) is 8.78 Å². The van der Waals surface area contributed by atoms with Gasteiger partial charge in [0.2, 0.25) is 5.75 Å². The van der Waals surface area contributed by atoms with Gasteiger partial charge in [0.1, 0.15) is 11.5 Å². The number of alkyl halides is 9. The Bertz CT molecular complexity index is 1300. The summed E-state index contributed by atoms with van der Waals surface area (Å²) in [5, 5.41) is 0. The van der Waals surface area contributed by atoms with Crippen LogP contribution in [-0.2, 0) is 15.6 Å². The maximum Gasteiger partial charge on any atom is 0.573 e. The Morgan fingerprint density at radius 2 is 1.12 bits per heavy atom. The fourth-order valence-electron chi connectivity index (χ4n) is 5.76. The normalized spacial score (nSPS) is 22.8. The van der Waals surface area contributed by atoms with E-state index in [2.05, 4.69) is 9.47 Å². The van der Waals surface area contributed by atoms with E-state index in [9.17, 15) is 39.5 Å². The summed E-state index contributed by atoms with van der Waals surface area (Å²) in [6, 6.07) is 5.38. The molecule has 270 valence electrons. The van der Waals surface area contributed by atoms with Gasteiger partial charge in [-0.3, -0.25) is 0 Å². The fraction of sp³-hybridized carbons (Fsp3) is 0.625. The molecule has 0 radical (unpaired) electrons. The molecular weight excluding hydrogens is 673 g/mol. The molecule has 48 heavy (non-hydrogen) atoms. The van der Waals surface area contributed by atoms with Gasteiger partial charge in [0.25, 0.3) is 0 Å². The number of hydrogen-bond donors (Lipinski definition) is 0. The Morgan fingerprint density at radius 1 is 0.625 bits per heavy atom. The van der Waals surface area contributed by atoms with Crippen LogP contribution in [0, 0.1) is 23.5 Å². The summed E-state index contributed by atoms with van der Waals surface area (Å²) in [7, 11) is 0. The third kappa shape index (κ3) is 10.3. The number of hydrogen-bond acceptors (Lipinski definition) is 5. The highest BCUT2D eigenvalue weighted by Gasteiger charge is 2.49. The summed E-state index contributed by atoms with van der Waals surface area (Å²) in [6.45, 7) is 2.44. The molecule has 2 aliphatic rings. The van der Waals surface area contributed by atoms with Gasteiger partial charge in [-0.1, -0.05) is 13.3 Å². The lowest BCUT2D eigenvalue weighted by molar-refractivity contribution is -0.314. The van der Waals surface area contributed by atoms with Gasteiger partial charge in [0.05, 0.1) is 36.2 Å². The minimum Gasteiger partial charge on any atom is -0.494 e. The maximum atomic E-state index is 15.1. The van der Waals surface area contributed by atoms with E-state index in [0.717, 1.165) is 12.8 Å². The quantitative estimate of drug-likeness (QED) is 0.144. The van der Waals surface area contributed by atoms with Crippen LogP contribution in [0.3, 0.4) is 0 Å². The van der Waals surface area contributed by atoms with E-state index in [4.69, 9.17) is 14.2 Å². The van der Waals surface area contributed by atoms with Gasteiger partial charge < -0.3 is 23.7 Å². The standard InChI is InChI=1S/C32H35F11O5/c1-2-3-16-44-22-10-4-19(5-11-22)29(35,36)45-23-12-6-20(7-13-23)30(37,38)46-24-14-8-21(9-15-24)31(39,40)47-25-17-26(33)28(27(34)18-25)48-32(41,42)43/h4-5,10-11,17-18,20-21,23-24H,2-3,6-9,12-16H2,1H3. The molecule has 0 bridgehead atoms. The Hall–Kier alpha value is -3.01. The molecule has 2 aliphatic carbocycles. The molecule has 0 amide bonds. The Balaban J connectivity index is 1.23. The van der Waals surface area contributed by atoms with E-state index in [1.807, 2.05) is 6.92 Å². The minimum atomic E-state index is -5.44. The number of halogens is 11. The van der Waals surface area contributed by atoms with E-state index in [0.29, 0.717) is 12.4 Å². The predicted octanol–water partition coefficient (Wildman–Crippen LogP) is 10.5. The van der Waals surface area contributed by atoms with Crippen LogP contribution in [0.2, 0.25) is 0 Å².